The van der Waals surface area contributed by atoms with Crippen LogP contribution in [0.3, 0.4) is 0 Å². The van der Waals surface area contributed by atoms with Crippen LogP contribution in [-0.4, -0.2) is 25.4 Å². The number of aryl methyl sites for hydroxylation is 1. The van der Waals surface area contributed by atoms with Crippen LogP contribution in [0.1, 0.15) is 24.4 Å². The molecule has 0 aromatic carbocycles. The summed E-state index contributed by atoms with van der Waals surface area (Å²) in [4.78, 5) is 13.2. The Balaban J connectivity index is 2.17. The second-order valence-corrected chi connectivity index (χ2v) is 5.61. The van der Waals surface area contributed by atoms with Crippen molar-refractivity contribution in [3.63, 3.8) is 0 Å². The number of aromatic nitrogens is 4. The Morgan fingerprint density at radius 2 is 2.19 bits per heavy atom. The zero-order valence-corrected chi connectivity index (χ0v) is 13.0. The normalized spacial score (nSPS) is 12.7. The summed E-state index contributed by atoms with van der Waals surface area (Å²) < 4.78 is 2.10. The first-order valence-corrected chi connectivity index (χ1v) is 7.60. The standard InChI is InChI=1S/C15H14Cl2N4/c1-10(11-3-2-6-18-8-11)21-14(4-5-16)20-13-7-12(17)9-19-15(13)21/h2-3,6-10H,4-5H2,1H3. The van der Waals surface area contributed by atoms with Crippen molar-refractivity contribution in [2.45, 2.75) is 19.4 Å². The highest BCUT2D eigenvalue weighted by atomic mass is 35.5. The van der Waals surface area contributed by atoms with E-state index in [1.165, 1.54) is 0 Å². The number of pyridine rings is 2. The Labute approximate surface area is 132 Å². The molecular weight excluding hydrogens is 307 g/mol. The maximum Gasteiger partial charge on any atom is 0.160 e. The zero-order valence-electron chi connectivity index (χ0n) is 11.5. The molecule has 0 fully saturated rings. The SMILES string of the molecule is CC(c1cccnc1)n1c(CCCl)nc2cc(Cl)cnc21. The van der Waals surface area contributed by atoms with Crippen LogP contribution in [0.5, 0.6) is 0 Å². The van der Waals surface area contributed by atoms with Gasteiger partial charge < -0.3 is 4.57 Å². The van der Waals surface area contributed by atoms with E-state index in [9.17, 15) is 0 Å². The number of halogens is 2. The fourth-order valence-electron chi connectivity index (χ4n) is 2.44. The van der Waals surface area contributed by atoms with Gasteiger partial charge in [0.25, 0.3) is 0 Å². The number of hydrogen-bond donors (Lipinski definition) is 0. The van der Waals surface area contributed by atoms with E-state index >= 15 is 0 Å². The van der Waals surface area contributed by atoms with Gasteiger partial charge in [0.2, 0.25) is 0 Å². The first kappa shape index (κ1) is 14.3. The van der Waals surface area contributed by atoms with E-state index in [0.717, 1.165) is 22.6 Å². The number of nitrogens with zero attached hydrogens (tertiary/aromatic N) is 4. The molecule has 4 nitrogen and oxygen atoms in total. The molecule has 0 amide bonds. The van der Waals surface area contributed by atoms with E-state index < -0.39 is 0 Å². The predicted octanol–water partition coefficient (Wildman–Crippen LogP) is 3.87. The molecule has 108 valence electrons. The summed E-state index contributed by atoms with van der Waals surface area (Å²) in [6.07, 6.45) is 5.94. The Morgan fingerprint density at radius 3 is 2.90 bits per heavy atom. The molecule has 0 N–H and O–H groups in total. The first-order valence-electron chi connectivity index (χ1n) is 6.69. The molecule has 3 heterocycles. The Morgan fingerprint density at radius 1 is 1.33 bits per heavy atom. The Bertz CT molecular complexity index is 755. The first-order chi connectivity index (χ1) is 10.2. The van der Waals surface area contributed by atoms with Crippen LogP contribution in [0.25, 0.3) is 11.2 Å². The number of rotatable bonds is 4. The summed E-state index contributed by atoms with van der Waals surface area (Å²) in [6, 6.07) is 5.88. The van der Waals surface area contributed by atoms with Crippen LogP contribution in [0.4, 0.5) is 0 Å². The fraction of sp³-hybridized carbons (Fsp3) is 0.267. The number of alkyl halides is 1. The van der Waals surface area contributed by atoms with Gasteiger partial charge in [-0.15, -0.1) is 11.6 Å². The molecule has 3 aromatic rings. The van der Waals surface area contributed by atoms with Crippen molar-refractivity contribution in [3.8, 4) is 0 Å². The molecule has 1 atom stereocenters. The molecule has 0 aliphatic carbocycles. The molecule has 21 heavy (non-hydrogen) atoms. The smallest absolute Gasteiger partial charge is 0.160 e. The van der Waals surface area contributed by atoms with Gasteiger partial charge in [-0.2, -0.15) is 0 Å². The predicted molar refractivity (Wildman–Crippen MR) is 85.0 cm³/mol. The van der Waals surface area contributed by atoms with Crippen molar-refractivity contribution in [1.82, 2.24) is 19.5 Å². The summed E-state index contributed by atoms with van der Waals surface area (Å²) in [5.74, 6) is 1.42. The minimum absolute atomic E-state index is 0.0793. The minimum atomic E-state index is 0.0793. The lowest BCUT2D eigenvalue weighted by atomic mass is 10.1. The quantitative estimate of drug-likeness (QED) is 0.685. The molecule has 3 aromatic heterocycles. The van der Waals surface area contributed by atoms with E-state index in [1.54, 1.807) is 12.4 Å². The lowest BCUT2D eigenvalue weighted by Crippen LogP contribution is -2.12. The van der Waals surface area contributed by atoms with E-state index in [0.29, 0.717) is 17.3 Å². The molecule has 1 unspecified atom stereocenters. The maximum absolute atomic E-state index is 6.01. The van der Waals surface area contributed by atoms with Gasteiger partial charge in [0, 0.05) is 30.9 Å². The third-order valence-electron chi connectivity index (χ3n) is 3.44. The van der Waals surface area contributed by atoms with E-state index in [4.69, 9.17) is 23.2 Å². The van der Waals surface area contributed by atoms with Gasteiger partial charge in [-0.25, -0.2) is 9.97 Å². The molecule has 0 spiro atoms. The fourth-order valence-corrected chi connectivity index (χ4v) is 2.77. The van der Waals surface area contributed by atoms with E-state index in [-0.39, 0.29) is 6.04 Å². The van der Waals surface area contributed by atoms with Crippen LogP contribution >= 0.6 is 23.2 Å². The summed E-state index contributed by atoms with van der Waals surface area (Å²) in [7, 11) is 0. The summed E-state index contributed by atoms with van der Waals surface area (Å²) in [5, 5.41) is 0.582. The van der Waals surface area contributed by atoms with Crippen molar-refractivity contribution in [3.05, 3.63) is 53.2 Å². The van der Waals surface area contributed by atoms with Gasteiger partial charge in [-0.1, -0.05) is 17.7 Å². The number of imidazole rings is 1. The van der Waals surface area contributed by atoms with Crippen molar-refractivity contribution in [2.75, 3.05) is 5.88 Å². The lowest BCUT2D eigenvalue weighted by molar-refractivity contribution is 0.617. The molecule has 0 bridgehead atoms. The molecule has 0 aliphatic rings. The second-order valence-electron chi connectivity index (χ2n) is 4.80. The second kappa shape index (κ2) is 6.00. The van der Waals surface area contributed by atoms with Crippen molar-refractivity contribution >= 4 is 34.4 Å². The number of hydrogen-bond acceptors (Lipinski definition) is 3. The molecule has 6 heteroatoms. The summed E-state index contributed by atoms with van der Waals surface area (Å²) in [6.45, 7) is 2.10. The zero-order chi connectivity index (χ0) is 14.8. The van der Waals surface area contributed by atoms with E-state index in [2.05, 4.69) is 26.4 Å². The maximum atomic E-state index is 6.01. The van der Waals surface area contributed by atoms with Gasteiger partial charge in [0.05, 0.1) is 11.1 Å². The average Bonchev–Trinajstić information content (AvgIpc) is 2.85. The third kappa shape index (κ3) is 2.74. The molecular formula is C15H14Cl2N4. The lowest BCUT2D eigenvalue weighted by Gasteiger charge is -2.16. The van der Waals surface area contributed by atoms with Gasteiger partial charge in [0.15, 0.2) is 5.65 Å². The highest BCUT2D eigenvalue weighted by Crippen LogP contribution is 2.26. The average molecular weight is 321 g/mol. The van der Waals surface area contributed by atoms with Crippen LogP contribution in [0, 0.1) is 0 Å². The Kier molecular flexibility index (Phi) is 4.08. The minimum Gasteiger partial charge on any atom is -0.305 e. The Hall–Kier alpha value is -1.65. The summed E-state index contributed by atoms with van der Waals surface area (Å²) in [5.41, 5.74) is 2.71. The monoisotopic (exact) mass is 320 g/mol. The van der Waals surface area contributed by atoms with Gasteiger partial charge in [0.1, 0.15) is 11.3 Å². The largest absolute Gasteiger partial charge is 0.305 e. The topological polar surface area (TPSA) is 43.6 Å². The molecule has 0 saturated heterocycles. The third-order valence-corrected chi connectivity index (χ3v) is 3.84. The van der Waals surface area contributed by atoms with Crippen molar-refractivity contribution in [2.24, 2.45) is 0 Å². The van der Waals surface area contributed by atoms with Crippen LogP contribution in [-0.2, 0) is 6.42 Å². The molecule has 0 saturated carbocycles. The van der Waals surface area contributed by atoms with Crippen molar-refractivity contribution in [1.29, 1.82) is 0 Å². The molecule has 0 radical (unpaired) electrons. The highest BCUT2D eigenvalue weighted by molar-refractivity contribution is 6.31. The van der Waals surface area contributed by atoms with Gasteiger partial charge in [-0.05, 0) is 24.6 Å². The summed E-state index contributed by atoms with van der Waals surface area (Å²) >= 11 is 11.9. The van der Waals surface area contributed by atoms with Gasteiger partial charge >= 0.3 is 0 Å². The van der Waals surface area contributed by atoms with Crippen LogP contribution in [0.2, 0.25) is 5.02 Å². The number of fused-ring (bicyclic) bond motifs is 1. The molecule has 0 aliphatic heterocycles. The molecule has 3 rings (SSSR count). The highest BCUT2D eigenvalue weighted by Gasteiger charge is 2.18. The van der Waals surface area contributed by atoms with Crippen LogP contribution < -0.4 is 0 Å². The van der Waals surface area contributed by atoms with Crippen LogP contribution in [0.15, 0.2) is 36.8 Å². The van der Waals surface area contributed by atoms with Crippen molar-refractivity contribution < 1.29 is 0 Å². The van der Waals surface area contributed by atoms with E-state index in [1.807, 2.05) is 24.4 Å². The van der Waals surface area contributed by atoms with Gasteiger partial charge in [-0.3, -0.25) is 4.98 Å².